The van der Waals surface area contributed by atoms with Crippen molar-refractivity contribution in [1.29, 1.82) is 0 Å². The van der Waals surface area contributed by atoms with Gasteiger partial charge >= 0.3 is 0 Å². The summed E-state index contributed by atoms with van der Waals surface area (Å²) in [5.41, 5.74) is 5.79. The molecule has 2 aromatic rings. The van der Waals surface area contributed by atoms with Gasteiger partial charge in [0.1, 0.15) is 11.6 Å². The molecule has 2 unspecified atom stereocenters. The minimum atomic E-state index is -1.02. The van der Waals surface area contributed by atoms with Crippen LogP contribution in [0.5, 0.6) is 0 Å². The zero-order valence-electron chi connectivity index (χ0n) is 9.82. The molecule has 0 aliphatic rings. The van der Waals surface area contributed by atoms with E-state index in [2.05, 4.69) is 0 Å². The van der Waals surface area contributed by atoms with Gasteiger partial charge in [0, 0.05) is 18.5 Å². The average Bonchev–Trinajstić information content (AvgIpc) is 2.78. The molecule has 2 rings (SSSR count). The first-order valence-electron chi connectivity index (χ1n) is 5.60. The minimum Gasteiger partial charge on any atom is -0.387 e. The number of aliphatic hydroxyl groups is 1. The second-order valence-electron chi connectivity index (χ2n) is 4.09. The number of hydrogen-bond acceptors (Lipinski definition) is 3. The van der Waals surface area contributed by atoms with E-state index >= 15 is 0 Å². The van der Waals surface area contributed by atoms with Crippen molar-refractivity contribution in [2.45, 2.75) is 12.0 Å². The topological polar surface area (TPSA) is 46.2 Å². The maximum atomic E-state index is 13.8. The Balaban J connectivity index is 2.37. The first-order valence-corrected chi connectivity index (χ1v) is 6.86. The smallest absolute Gasteiger partial charge is 0.129 e. The number of aliphatic hydroxyl groups excluding tert-OH is 1. The van der Waals surface area contributed by atoms with Crippen molar-refractivity contribution in [2.24, 2.45) is 5.73 Å². The van der Waals surface area contributed by atoms with Crippen molar-refractivity contribution in [3.63, 3.8) is 0 Å². The van der Waals surface area contributed by atoms with Crippen molar-refractivity contribution >= 4 is 22.9 Å². The lowest BCUT2D eigenvalue weighted by Gasteiger charge is -2.22. The summed E-state index contributed by atoms with van der Waals surface area (Å²) >= 11 is 7.22. The Kier molecular flexibility index (Phi) is 4.52. The molecule has 2 nitrogen and oxygen atoms in total. The van der Waals surface area contributed by atoms with Gasteiger partial charge in [0.25, 0.3) is 0 Å². The number of nitrogens with two attached hydrogens (primary N) is 1. The summed E-state index contributed by atoms with van der Waals surface area (Å²) in [5.74, 6) is -2.06. The number of rotatable bonds is 4. The molecule has 19 heavy (non-hydrogen) atoms. The Hall–Kier alpha value is -1.01. The Morgan fingerprint density at radius 3 is 2.58 bits per heavy atom. The van der Waals surface area contributed by atoms with Crippen LogP contribution in [0.1, 0.15) is 22.5 Å². The van der Waals surface area contributed by atoms with Gasteiger partial charge in [-0.3, -0.25) is 0 Å². The molecule has 0 aliphatic heterocycles. The van der Waals surface area contributed by atoms with Gasteiger partial charge in [-0.25, -0.2) is 8.78 Å². The van der Waals surface area contributed by atoms with Crippen LogP contribution in [-0.2, 0) is 0 Å². The van der Waals surface area contributed by atoms with Gasteiger partial charge in [0.15, 0.2) is 0 Å². The van der Waals surface area contributed by atoms with Gasteiger partial charge in [-0.1, -0.05) is 17.7 Å². The van der Waals surface area contributed by atoms with Crippen LogP contribution in [0.4, 0.5) is 8.78 Å². The van der Waals surface area contributed by atoms with Crippen LogP contribution in [0.15, 0.2) is 29.6 Å². The highest BCUT2D eigenvalue weighted by Gasteiger charge is 2.26. The van der Waals surface area contributed by atoms with Gasteiger partial charge in [-0.15, -0.1) is 11.3 Å². The molecule has 0 spiro atoms. The molecule has 3 N–H and O–H groups in total. The van der Waals surface area contributed by atoms with Crippen LogP contribution >= 0.6 is 22.9 Å². The normalized spacial score (nSPS) is 14.4. The van der Waals surface area contributed by atoms with E-state index in [9.17, 15) is 13.9 Å². The molecule has 1 heterocycles. The average molecular weight is 304 g/mol. The standard InChI is InChI=1S/C13H12ClF2NOS/c14-10-3-4-19-13(10)12(18)9(6-17)8-2-1-7(15)5-11(8)16/h1-5,9,12,18H,6,17H2. The molecule has 2 atom stereocenters. The molecule has 0 aliphatic carbocycles. The monoisotopic (exact) mass is 303 g/mol. The Morgan fingerprint density at radius 1 is 1.32 bits per heavy atom. The fourth-order valence-electron chi connectivity index (χ4n) is 1.93. The summed E-state index contributed by atoms with van der Waals surface area (Å²) in [6.07, 6.45) is -1.02. The summed E-state index contributed by atoms with van der Waals surface area (Å²) in [4.78, 5) is 0.529. The summed E-state index contributed by atoms with van der Waals surface area (Å²) < 4.78 is 26.7. The van der Waals surface area contributed by atoms with Crippen LogP contribution in [0, 0.1) is 11.6 Å². The van der Waals surface area contributed by atoms with E-state index in [4.69, 9.17) is 17.3 Å². The van der Waals surface area contributed by atoms with Gasteiger partial charge < -0.3 is 10.8 Å². The second kappa shape index (κ2) is 5.96. The molecule has 0 bridgehead atoms. The highest BCUT2D eigenvalue weighted by molar-refractivity contribution is 7.10. The first kappa shape index (κ1) is 14.4. The molecule has 0 radical (unpaired) electrons. The van der Waals surface area contributed by atoms with Crippen molar-refractivity contribution in [2.75, 3.05) is 6.54 Å². The van der Waals surface area contributed by atoms with E-state index in [1.165, 1.54) is 17.4 Å². The summed E-state index contributed by atoms with van der Waals surface area (Å²) in [6.45, 7) is 0.0257. The molecule has 0 fully saturated rings. The van der Waals surface area contributed by atoms with Crippen molar-refractivity contribution in [3.05, 3.63) is 56.7 Å². The van der Waals surface area contributed by atoms with Crippen molar-refractivity contribution in [3.8, 4) is 0 Å². The third-order valence-electron chi connectivity index (χ3n) is 2.91. The zero-order chi connectivity index (χ0) is 14.0. The molecule has 0 saturated heterocycles. The van der Waals surface area contributed by atoms with Crippen LogP contribution in [0.2, 0.25) is 5.02 Å². The largest absolute Gasteiger partial charge is 0.387 e. The van der Waals surface area contributed by atoms with Gasteiger partial charge in [0.2, 0.25) is 0 Å². The number of halogens is 3. The van der Waals surface area contributed by atoms with Gasteiger partial charge in [-0.2, -0.15) is 0 Å². The van der Waals surface area contributed by atoms with Crippen LogP contribution in [0.25, 0.3) is 0 Å². The summed E-state index contributed by atoms with van der Waals surface area (Å²) in [6, 6.07) is 4.87. The lowest BCUT2D eigenvalue weighted by atomic mass is 9.92. The maximum absolute atomic E-state index is 13.8. The lowest BCUT2D eigenvalue weighted by molar-refractivity contribution is 0.149. The van der Waals surface area contributed by atoms with Crippen LogP contribution in [-0.4, -0.2) is 11.7 Å². The molecule has 1 aromatic heterocycles. The molecule has 0 saturated carbocycles. The number of hydrogen-bond donors (Lipinski definition) is 2. The van der Waals surface area contributed by atoms with Crippen LogP contribution < -0.4 is 5.73 Å². The number of benzene rings is 1. The SMILES string of the molecule is NCC(c1ccc(F)cc1F)C(O)c1sccc1Cl. The number of thiophene rings is 1. The molecular formula is C13H12ClF2NOS. The Bertz CT molecular complexity index is 576. The lowest BCUT2D eigenvalue weighted by Crippen LogP contribution is -2.21. The van der Waals surface area contributed by atoms with E-state index in [-0.39, 0.29) is 12.1 Å². The molecule has 0 amide bonds. The third-order valence-corrected chi connectivity index (χ3v) is 4.34. The van der Waals surface area contributed by atoms with E-state index in [0.29, 0.717) is 9.90 Å². The second-order valence-corrected chi connectivity index (χ2v) is 5.44. The summed E-state index contributed by atoms with van der Waals surface area (Å²) in [7, 11) is 0. The molecular weight excluding hydrogens is 292 g/mol. The quantitative estimate of drug-likeness (QED) is 0.908. The maximum Gasteiger partial charge on any atom is 0.129 e. The predicted octanol–water partition coefficient (Wildman–Crippen LogP) is 3.46. The van der Waals surface area contributed by atoms with Gasteiger partial charge in [-0.05, 0) is 23.1 Å². The Labute approximate surface area is 118 Å². The third kappa shape index (κ3) is 2.95. The van der Waals surface area contributed by atoms with Crippen molar-refractivity contribution < 1.29 is 13.9 Å². The van der Waals surface area contributed by atoms with E-state index < -0.39 is 23.7 Å². The van der Waals surface area contributed by atoms with E-state index in [0.717, 1.165) is 12.1 Å². The molecule has 6 heteroatoms. The zero-order valence-corrected chi connectivity index (χ0v) is 11.4. The molecule has 1 aromatic carbocycles. The van der Waals surface area contributed by atoms with Crippen molar-refractivity contribution in [1.82, 2.24) is 0 Å². The molecule has 102 valence electrons. The Morgan fingerprint density at radius 2 is 2.05 bits per heavy atom. The van der Waals surface area contributed by atoms with E-state index in [1.807, 2.05) is 0 Å². The highest BCUT2D eigenvalue weighted by Crippen LogP contribution is 2.38. The minimum absolute atomic E-state index is 0.0257. The van der Waals surface area contributed by atoms with Crippen LogP contribution in [0.3, 0.4) is 0 Å². The first-order chi connectivity index (χ1) is 9.04. The summed E-state index contributed by atoms with van der Waals surface area (Å²) in [5, 5.41) is 12.4. The van der Waals surface area contributed by atoms with Gasteiger partial charge in [0.05, 0.1) is 16.0 Å². The predicted molar refractivity (Wildman–Crippen MR) is 72.4 cm³/mol. The fraction of sp³-hybridized carbons (Fsp3) is 0.231. The fourth-order valence-corrected chi connectivity index (χ4v) is 3.15. The van der Waals surface area contributed by atoms with E-state index in [1.54, 1.807) is 11.4 Å². The highest BCUT2D eigenvalue weighted by atomic mass is 35.5.